The molecule has 0 bridgehead atoms. The minimum atomic E-state index is -0.985. The van der Waals surface area contributed by atoms with E-state index in [1.54, 1.807) is 4.90 Å². The number of likely N-dealkylation sites (tertiary alicyclic amines) is 1. The molecule has 0 unspecified atom stereocenters. The van der Waals surface area contributed by atoms with Crippen LogP contribution in [0.3, 0.4) is 0 Å². The number of aliphatic hydroxyl groups is 1. The van der Waals surface area contributed by atoms with Gasteiger partial charge in [0.15, 0.2) is 0 Å². The zero-order valence-electron chi connectivity index (χ0n) is 7.71. The number of hydrogen-bond donors (Lipinski definition) is 2. The Bertz CT molecular complexity index is 257. The minimum Gasteiger partial charge on any atom is -0.377 e. The van der Waals surface area contributed by atoms with E-state index in [4.69, 9.17) is 5.73 Å². The first-order valence-corrected chi connectivity index (χ1v) is 4.28. The van der Waals surface area contributed by atoms with Crippen LogP contribution in [-0.4, -0.2) is 34.6 Å². The molecule has 1 aliphatic heterocycles. The summed E-state index contributed by atoms with van der Waals surface area (Å²) < 4.78 is 0. The van der Waals surface area contributed by atoms with Gasteiger partial charge in [-0.1, -0.05) is 0 Å². The third kappa shape index (κ3) is 2.36. The van der Waals surface area contributed by atoms with Crippen LogP contribution in [-0.2, 0) is 4.79 Å². The van der Waals surface area contributed by atoms with Crippen LogP contribution in [0.5, 0.6) is 0 Å². The molecule has 1 fully saturated rings. The summed E-state index contributed by atoms with van der Waals surface area (Å²) in [4.78, 5) is 12.7. The Hall–Kier alpha value is -1.21. The first-order chi connectivity index (χ1) is 6.07. The summed E-state index contributed by atoms with van der Waals surface area (Å²) in [5.74, 6) is 2.61. The second-order valence-electron chi connectivity index (χ2n) is 3.31. The van der Waals surface area contributed by atoms with Crippen molar-refractivity contribution in [3.63, 3.8) is 0 Å². The highest BCUT2D eigenvalue weighted by atomic mass is 16.3. The Morgan fingerprint density at radius 3 is 2.46 bits per heavy atom. The number of carbonyl (C=O) groups excluding carboxylic acids is 1. The predicted octanol–water partition coefficient (Wildman–Crippen LogP) is -0.721. The normalized spacial score (nSPS) is 20.3. The summed E-state index contributed by atoms with van der Waals surface area (Å²) in [6, 6.07) is 2.22. The van der Waals surface area contributed by atoms with Crippen LogP contribution < -0.4 is 5.73 Å². The number of nitrogens with zero attached hydrogens (tertiary/aromatic N) is 1. The number of nitrogens with two attached hydrogens (primary N) is 1. The van der Waals surface area contributed by atoms with Gasteiger partial charge in [0.25, 0.3) is 0 Å². The van der Waals surface area contributed by atoms with Crippen LogP contribution in [0.4, 0.5) is 0 Å². The molecule has 1 saturated heterocycles. The molecule has 0 aromatic rings. The van der Waals surface area contributed by atoms with E-state index in [1.165, 1.54) is 6.92 Å². The van der Waals surface area contributed by atoms with E-state index in [9.17, 15) is 9.90 Å². The molecule has 0 radical (unpaired) electrons. The second kappa shape index (κ2) is 3.67. The maximum Gasteiger partial charge on any atom is 0.219 e. The highest BCUT2D eigenvalue weighted by molar-refractivity contribution is 5.73. The lowest BCUT2D eigenvalue weighted by Gasteiger charge is -2.34. The average Bonchev–Trinajstić information content (AvgIpc) is 2.05. The largest absolute Gasteiger partial charge is 0.377 e. The molecule has 3 N–H and O–H groups in total. The van der Waals surface area contributed by atoms with Gasteiger partial charge in [-0.3, -0.25) is 4.79 Å². The Morgan fingerprint density at radius 2 is 2.08 bits per heavy atom. The van der Waals surface area contributed by atoms with Crippen molar-refractivity contribution in [1.82, 2.24) is 4.90 Å². The fourth-order valence-corrected chi connectivity index (χ4v) is 1.45. The van der Waals surface area contributed by atoms with E-state index in [0.717, 1.165) is 0 Å². The smallest absolute Gasteiger partial charge is 0.219 e. The fourth-order valence-electron chi connectivity index (χ4n) is 1.45. The van der Waals surface area contributed by atoms with Gasteiger partial charge in [-0.15, -0.1) is 0 Å². The van der Waals surface area contributed by atoms with Crippen molar-refractivity contribution in [2.75, 3.05) is 13.1 Å². The van der Waals surface area contributed by atoms with Crippen molar-refractivity contribution >= 4 is 5.91 Å². The highest BCUT2D eigenvalue weighted by Gasteiger charge is 2.31. The van der Waals surface area contributed by atoms with Gasteiger partial charge in [0.05, 0.1) is 0 Å². The van der Waals surface area contributed by atoms with Crippen LogP contribution in [0.25, 0.3) is 0 Å². The molecule has 13 heavy (non-hydrogen) atoms. The number of amides is 1. The summed E-state index contributed by atoms with van der Waals surface area (Å²) in [5.41, 5.74) is 4.05. The van der Waals surface area contributed by atoms with E-state index < -0.39 is 5.60 Å². The standard InChI is InChI=1S/C9H14N2O2/c1-8(12)11-6-3-9(13,2-5-10)4-7-11/h13H,3-4,6-7,10H2,1H3. The van der Waals surface area contributed by atoms with Gasteiger partial charge < -0.3 is 15.7 Å². The highest BCUT2D eigenvalue weighted by Crippen LogP contribution is 2.20. The lowest BCUT2D eigenvalue weighted by atomic mass is 9.92. The van der Waals surface area contributed by atoms with E-state index in [-0.39, 0.29) is 5.91 Å². The van der Waals surface area contributed by atoms with Gasteiger partial charge in [0.2, 0.25) is 5.91 Å². The van der Waals surface area contributed by atoms with Gasteiger partial charge in [0.1, 0.15) is 5.60 Å². The van der Waals surface area contributed by atoms with Crippen LogP contribution >= 0.6 is 0 Å². The summed E-state index contributed by atoms with van der Waals surface area (Å²) in [6.07, 6.45) is 0.966. The molecule has 0 aromatic carbocycles. The van der Waals surface area contributed by atoms with Crippen molar-refractivity contribution in [3.05, 3.63) is 0 Å². The average molecular weight is 182 g/mol. The third-order valence-electron chi connectivity index (χ3n) is 2.34. The molecule has 1 heterocycles. The van der Waals surface area contributed by atoms with E-state index in [0.29, 0.717) is 25.9 Å². The van der Waals surface area contributed by atoms with E-state index in [2.05, 4.69) is 12.0 Å². The lowest BCUT2D eigenvalue weighted by molar-refractivity contribution is -0.131. The number of hydrogen-bond acceptors (Lipinski definition) is 3. The van der Waals surface area contributed by atoms with E-state index >= 15 is 0 Å². The second-order valence-corrected chi connectivity index (χ2v) is 3.31. The molecular formula is C9H14N2O2. The molecule has 0 saturated carbocycles. The Morgan fingerprint density at radius 1 is 1.54 bits per heavy atom. The Kier molecular flexibility index (Phi) is 2.79. The van der Waals surface area contributed by atoms with Crippen LogP contribution in [0.2, 0.25) is 0 Å². The summed E-state index contributed by atoms with van der Waals surface area (Å²) in [6.45, 7) is 2.64. The SMILES string of the molecule is CC(=O)N1CCC(O)(C#CN)CC1. The molecule has 0 atom stereocenters. The molecule has 72 valence electrons. The minimum absolute atomic E-state index is 0.0442. The van der Waals surface area contributed by atoms with Crippen molar-refractivity contribution in [3.8, 4) is 12.0 Å². The van der Waals surface area contributed by atoms with Crippen LogP contribution in [0.15, 0.2) is 0 Å². The van der Waals surface area contributed by atoms with Crippen molar-refractivity contribution in [1.29, 1.82) is 0 Å². The topological polar surface area (TPSA) is 66.6 Å². The molecule has 0 aliphatic carbocycles. The molecule has 0 aromatic heterocycles. The maximum atomic E-state index is 11.0. The third-order valence-corrected chi connectivity index (χ3v) is 2.34. The van der Waals surface area contributed by atoms with Gasteiger partial charge in [-0.25, -0.2) is 0 Å². The van der Waals surface area contributed by atoms with Gasteiger partial charge in [-0.2, -0.15) is 0 Å². The number of rotatable bonds is 0. The molecule has 4 nitrogen and oxygen atoms in total. The van der Waals surface area contributed by atoms with Crippen LogP contribution in [0, 0.1) is 12.0 Å². The summed E-state index contributed by atoms with van der Waals surface area (Å²) in [5, 5.41) is 9.78. The quantitative estimate of drug-likeness (QED) is 0.384. The van der Waals surface area contributed by atoms with Crippen molar-refractivity contribution in [2.24, 2.45) is 5.73 Å². The van der Waals surface area contributed by atoms with Crippen molar-refractivity contribution in [2.45, 2.75) is 25.4 Å². The fraction of sp³-hybridized carbons (Fsp3) is 0.667. The maximum absolute atomic E-state index is 11.0. The predicted molar refractivity (Wildman–Crippen MR) is 48.4 cm³/mol. The monoisotopic (exact) mass is 182 g/mol. The number of carbonyl (C=O) groups is 1. The lowest BCUT2D eigenvalue weighted by Crippen LogP contribution is -2.45. The van der Waals surface area contributed by atoms with Gasteiger partial charge in [-0.05, 0) is 5.92 Å². The first-order valence-electron chi connectivity index (χ1n) is 4.28. The van der Waals surface area contributed by atoms with Crippen LogP contribution in [0.1, 0.15) is 19.8 Å². The number of piperidine rings is 1. The van der Waals surface area contributed by atoms with E-state index in [1.807, 2.05) is 0 Å². The molecular weight excluding hydrogens is 168 g/mol. The van der Waals surface area contributed by atoms with Crippen molar-refractivity contribution < 1.29 is 9.90 Å². The molecule has 1 rings (SSSR count). The zero-order valence-corrected chi connectivity index (χ0v) is 7.71. The first kappa shape index (κ1) is 9.87. The Balaban J connectivity index is 2.54. The molecule has 1 amide bonds. The summed E-state index contributed by atoms with van der Waals surface area (Å²) >= 11 is 0. The zero-order chi connectivity index (χ0) is 9.90. The van der Waals surface area contributed by atoms with Gasteiger partial charge in [0, 0.05) is 38.9 Å². The molecule has 1 aliphatic rings. The summed E-state index contributed by atoms with van der Waals surface area (Å²) in [7, 11) is 0. The Labute approximate surface area is 77.7 Å². The van der Waals surface area contributed by atoms with Gasteiger partial charge >= 0.3 is 0 Å². The molecule has 0 spiro atoms. The molecule has 4 heteroatoms.